The van der Waals surface area contributed by atoms with Gasteiger partial charge in [0.05, 0.1) is 39.6 Å². The van der Waals surface area contributed by atoms with E-state index < -0.39 is 34.4 Å². The summed E-state index contributed by atoms with van der Waals surface area (Å²) in [7, 11) is 0. The number of hydrogen-bond donors (Lipinski definition) is 2. The van der Waals surface area contributed by atoms with Crippen LogP contribution in [0.2, 0.25) is 0 Å². The number of aromatic nitrogens is 4. The minimum absolute atomic E-state index is 0.00435. The van der Waals surface area contributed by atoms with E-state index in [1.807, 2.05) is 9.97 Å². The van der Waals surface area contributed by atoms with Crippen LogP contribution in [0.3, 0.4) is 0 Å². The zero-order valence-electron chi connectivity index (χ0n) is 18.8. The molecule has 2 aromatic heterocycles. The fourth-order valence-corrected chi connectivity index (χ4v) is 2.48. The lowest BCUT2D eigenvalue weighted by Gasteiger charge is -2.09. The van der Waals surface area contributed by atoms with Crippen molar-refractivity contribution in [1.29, 1.82) is 0 Å². The van der Waals surface area contributed by atoms with E-state index in [0.29, 0.717) is 0 Å². The van der Waals surface area contributed by atoms with Gasteiger partial charge < -0.3 is 23.7 Å². The van der Waals surface area contributed by atoms with Crippen LogP contribution in [0.15, 0.2) is 43.7 Å². The fraction of sp³-hybridized carbons (Fsp3) is 0.500. The highest BCUT2D eigenvalue weighted by molar-refractivity contribution is 5.69. The second-order valence-corrected chi connectivity index (χ2v) is 6.75. The van der Waals surface area contributed by atoms with Gasteiger partial charge in [0.1, 0.15) is 26.3 Å². The van der Waals surface area contributed by atoms with E-state index >= 15 is 0 Å². The molecule has 15 heteroatoms. The van der Waals surface area contributed by atoms with Crippen molar-refractivity contribution in [2.24, 2.45) is 0 Å². The van der Waals surface area contributed by atoms with E-state index in [0.717, 1.165) is 21.3 Å². The Balaban J connectivity index is 1.39. The number of nitrogens with zero attached hydrogens (tertiary/aromatic N) is 2. The van der Waals surface area contributed by atoms with Crippen LogP contribution in [0.1, 0.15) is 0 Å². The molecule has 2 N–H and O–H groups in total. The van der Waals surface area contributed by atoms with Crippen molar-refractivity contribution < 1.29 is 33.3 Å². The van der Waals surface area contributed by atoms with Gasteiger partial charge in [-0.05, 0) is 0 Å². The number of aromatic amines is 2. The third kappa shape index (κ3) is 11.2. The van der Waals surface area contributed by atoms with Crippen LogP contribution in [-0.2, 0) is 46.4 Å². The van der Waals surface area contributed by atoms with Crippen molar-refractivity contribution in [3.05, 3.63) is 66.2 Å². The molecule has 0 atom stereocenters. The van der Waals surface area contributed by atoms with E-state index in [1.165, 1.54) is 12.4 Å². The van der Waals surface area contributed by atoms with Crippen LogP contribution in [-0.4, -0.2) is 83.9 Å². The maximum Gasteiger partial charge on any atom is 0.328 e. The Morgan fingerprint density at radius 3 is 1.29 bits per heavy atom. The molecular formula is C20H26N4O11. The standard InChI is InChI=1S/C20H26N4O11/c25-15-1-3-23(19(29)21-15)13-17(27)34-11-9-32-7-5-31-6-8-33-10-12-35-18(28)14-24-4-2-16(26)22-20(24)30/h1-4H,5-14H2,(H,21,25,29)(H,22,26,30). The van der Waals surface area contributed by atoms with Gasteiger partial charge in [-0.15, -0.1) is 0 Å². The number of rotatable bonds is 16. The summed E-state index contributed by atoms with van der Waals surface area (Å²) in [6.07, 6.45) is 2.40. The van der Waals surface area contributed by atoms with Crippen molar-refractivity contribution in [2.45, 2.75) is 13.1 Å². The normalized spacial score (nSPS) is 10.7. The number of ether oxygens (including phenoxy) is 5. The molecule has 0 saturated heterocycles. The monoisotopic (exact) mass is 498 g/mol. The lowest BCUT2D eigenvalue weighted by Crippen LogP contribution is -2.31. The highest BCUT2D eigenvalue weighted by Gasteiger charge is 2.07. The molecule has 2 rings (SSSR count). The number of carbonyl (C=O) groups excluding carboxylic acids is 2. The van der Waals surface area contributed by atoms with Gasteiger partial charge in [-0.1, -0.05) is 0 Å². The van der Waals surface area contributed by atoms with Gasteiger partial charge in [-0.25, -0.2) is 9.59 Å². The molecule has 0 spiro atoms. The summed E-state index contributed by atoms with van der Waals surface area (Å²) < 4.78 is 27.7. The molecule has 0 aliphatic heterocycles. The van der Waals surface area contributed by atoms with E-state index in [-0.39, 0.29) is 65.9 Å². The van der Waals surface area contributed by atoms with Crippen LogP contribution in [0, 0.1) is 0 Å². The molecule has 192 valence electrons. The number of nitrogens with one attached hydrogen (secondary N) is 2. The molecule has 0 radical (unpaired) electrons. The van der Waals surface area contributed by atoms with E-state index in [2.05, 4.69) is 0 Å². The number of H-pyrrole nitrogens is 2. The van der Waals surface area contributed by atoms with Gasteiger partial charge in [0.15, 0.2) is 0 Å². The summed E-state index contributed by atoms with van der Waals surface area (Å²) in [4.78, 5) is 72.2. The summed E-state index contributed by atoms with van der Waals surface area (Å²) in [6, 6.07) is 2.25. The van der Waals surface area contributed by atoms with Crippen molar-refractivity contribution in [3.8, 4) is 0 Å². The number of esters is 2. The van der Waals surface area contributed by atoms with Gasteiger partial charge in [0.25, 0.3) is 11.1 Å². The first kappa shape index (κ1) is 27.4. The van der Waals surface area contributed by atoms with Gasteiger partial charge in [-0.3, -0.25) is 38.3 Å². The summed E-state index contributed by atoms with van der Waals surface area (Å²) in [5.74, 6) is -1.29. The van der Waals surface area contributed by atoms with Crippen LogP contribution < -0.4 is 22.5 Å². The van der Waals surface area contributed by atoms with Crippen molar-refractivity contribution in [2.75, 3.05) is 52.9 Å². The molecule has 2 aromatic rings. The Labute approximate surface area is 197 Å². The third-order valence-electron chi connectivity index (χ3n) is 4.12. The van der Waals surface area contributed by atoms with Crippen molar-refractivity contribution >= 4 is 11.9 Å². The molecule has 0 bridgehead atoms. The quantitative estimate of drug-likeness (QED) is 0.180. The summed E-state index contributed by atoms with van der Waals surface area (Å²) in [6.45, 7) is 0.716. The molecular weight excluding hydrogens is 472 g/mol. The molecule has 0 amide bonds. The Morgan fingerprint density at radius 2 is 0.943 bits per heavy atom. The molecule has 0 unspecified atom stereocenters. The van der Waals surface area contributed by atoms with E-state index in [1.54, 1.807) is 0 Å². The van der Waals surface area contributed by atoms with Gasteiger partial charge >= 0.3 is 23.3 Å². The smallest absolute Gasteiger partial charge is 0.328 e. The van der Waals surface area contributed by atoms with Gasteiger partial charge in [0, 0.05) is 24.5 Å². The minimum atomic E-state index is -0.700. The average molecular weight is 498 g/mol. The van der Waals surface area contributed by atoms with E-state index in [9.17, 15) is 28.8 Å². The second kappa shape index (κ2) is 15.2. The highest BCUT2D eigenvalue weighted by atomic mass is 16.6. The molecule has 35 heavy (non-hydrogen) atoms. The van der Waals surface area contributed by atoms with Crippen LogP contribution in [0.4, 0.5) is 0 Å². The molecule has 0 saturated carbocycles. The lowest BCUT2D eigenvalue weighted by molar-refractivity contribution is -0.146. The number of carbonyl (C=O) groups is 2. The van der Waals surface area contributed by atoms with Crippen molar-refractivity contribution in [1.82, 2.24) is 19.1 Å². The third-order valence-corrected chi connectivity index (χ3v) is 4.12. The molecule has 0 aliphatic rings. The van der Waals surface area contributed by atoms with E-state index in [4.69, 9.17) is 23.7 Å². The second-order valence-electron chi connectivity index (χ2n) is 6.75. The molecule has 0 fully saturated rings. The first-order valence-electron chi connectivity index (χ1n) is 10.5. The lowest BCUT2D eigenvalue weighted by atomic mass is 10.5. The summed E-state index contributed by atoms with van der Waals surface area (Å²) in [5.41, 5.74) is -2.51. The predicted molar refractivity (Wildman–Crippen MR) is 117 cm³/mol. The Morgan fingerprint density at radius 1 is 0.600 bits per heavy atom. The molecule has 0 aromatic carbocycles. The molecule has 15 nitrogen and oxygen atoms in total. The molecule has 0 aliphatic carbocycles. The Kier molecular flexibility index (Phi) is 11.9. The maximum absolute atomic E-state index is 11.7. The van der Waals surface area contributed by atoms with Crippen molar-refractivity contribution in [3.63, 3.8) is 0 Å². The largest absolute Gasteiger partial charge is 0.462 e. The average Bonchev–Trinajstić information content (AvgIpc) is 2.80. The summed E-state index contributed by atoms with van der Waals surface area (Å²) >= 11 is 0. The van der Waals surface area contributed by atoms with Crippen LogP contribution in [0.5, 0.6) is 0 Å². The minimum Gasteiger partial charge on any atom is -0.462 e. The highest BCUT2D eigenvalue weighted by Crippen LogP contribution is 1.88. The predicted octanol–water partition coefficient (Wildman–Crippen LogP) is -2.78. The van der Waals surface area contributed by atoms with Crippen LogP contribution in [0.25, 0.3) is 0 Å². The van der Waals surface area contributed by atoms with Gasteiger partial charge in [-0.2, -0.15) is 0 Å². The maximum atomic E-state index is 11.7. The molecule has 2 heterocycles. The number of hydrogen-bond acceptors (Lipinski definition) is 11. The zero-order valence-corrected chi connectivity index (χ0v) is 18.8. The first-order valence-corrected chi connectivity index (χ1v) is 10.5. The Bertz CT molecular complexity index is 1090. The fourth-order valence-electron chi connectivity index (χ4n) is 2.48. The SMILES string of the molecule is O=C(Cn1ccc(=O)[nH]c1=O)OCCOCCOCCOCCOC(=O)Cn1ccc(=O)[nH]c1=O. The Hall–Kier alpha value is -3.82. The first-order chi connectivity index (χ1) is 16.8. The topological polar surface area (TPSA) is 190 Å². The van der Waals surface area contributed by atoms with Gasteiger partial charge in [0.2, 0.25) is 0 Å². The van der Waals surface area contributed by atoms with Crippen LogP contribution >= 0.6 is 0 Å². The zero-order chi connectivity index (χ0) is 25.5. The summed E-state index contributed by atoms with van der Waals surface area (Å²) in [5, 5.41) is 0.